The van der Waals surface area contributed by atoms with Crippen LogP contribution in [-0.2, 0) is 0 Å². The molecule has 102 valence electrons. The molecule has 0 heterocycles. The number of hydrogen-bond donors (Lipinski definition) is 2. The topological polar surface area (TPSA) is 35.5 Å². The first kappa shape index (κ1) is 14.9. The van der Waals surface area contributed by atoms with Gasteiger partial charge in [0.2, 0.25) is 0 Å². The quantitative estimate of drug-likeness (QED) is 0.781. The Morgan fingerprint density at radius 3 is 2.72 bits per heavy atom. The second-order valence-electron chi connectivity index (χ2n) is 4.98. The van der Waals surface area contributed by atoms with Crippen molar-refractivity contribution in [1.29, 1.82) is 0 Å². The lowest BCUT2D eigenvalue weighted by molar-refractivity contribution is 0.179. The standard InChI is InChI=1S/C14H23FN2O/c1-4-8-16-14(2,11-18)10-17(3)13-7-5-6-12(15)9-13/h5-7,9,16,18H,4,8,10-11H2,1-3H3. The molecule has 0 aliphatic rings. The fourth-order valence-electron chi connectivity index (χ4n) is 1.92. The van der Waals surface area contributed by atoms with E-state index in [1.54, 1.807) is 6.07 Å². The third kappa shape index (κ3) is 4.27. The van der Waals surface area contributed by atoms with Crippen LogP contribution in [0.3, 0.4) is 0 Å². The molecule has 0 amide bonds. The first-order valence-electron chi connectivity index (χ1n) is 6.33. The van der Waals surface area contributed by atoms with Crippen molar-refractivity contribution in [3.8, 4) is 0 Å². The number of hydrogen-bond acceptors (Lipinski definition) is 3. The van der Waals surface area contributed by atoms with E-state index < -0.39 is 0 Å². The van der Waals surface area contributed by atoms with E-state index in [1.165, 1.54) is 12.1 Å². The van der Waals surface area contributed by atoms with Crippen molar-refractivity contribution in [2.75, 3.05) is 31.6 Å². The Balaban J connectivity index is 2.69. The Morgan fingerprint density at radius 2 is 2.17 bits per heavy atom. The molecule has 0 spiro atoms. The molecular weight excluding hydrogens is 231 g/mol. The van der Waals surface area contributed by atoms with Crippen LogP contribution in [0.4, 0.5) is 10.1 Å². The minimum Gasteiger partial charge on any atom is -0.394 e. The lowest BCUT2D eigenvalue weighted by Crippen LogP contribution is -2.53. The van der Waals surface area contributed by atoms with E-state index in [4.69, 9.17) is 0 Å². The van der Waals surface area contributed by atoms with E-state index in [-0.39, 0.29) is 18.0 Å². The maximum absolute atomic E-state index is 13.2. The molecule has 0 bridgehead atoms. The molecule has 2 N–H and O–H groups in total. The van der Waals surface area contributed by atoms with Gasteiger partial charge >= 0.3 is 0 Å². The maximum Gasteiger partial charge on any atom is 0.125 e. The highest BCUT2D eigenvalue weighted by molar-refractivity contribution is 5.46. The molecule has 1 unspecified atom stereocenters. The summed E-state index contributed by atoms with van der Waals surface area (Å²) < 4.78 is 13.2. The number of aliphatic hydroxyl groups excluding tert-OH is 1. The molecule has 3 nitrogen and oxygen atoms in total. The maximum atomic E-state index is 13.2. The van der Waals surface area contributed by atoms with E-state index in [9.17, 15) is 9.50 Å². The van der Waals surface area contributed by atoms with Crippen LogP contribution in [0.25, 0.3) is 0 Å². The molecular formula is C14H23FN2O. The molecule has 0 aliphatic carbocycles. The highest BCUT2D eigenvalue weighted by Crippen LogP contribution is 2.16. The summed E-state index contributed by atoms with van der Waals surface area (Å²) in [6.45, 7) is 5.58. The summed E-state index contributed by atoms with van der Waals surface area (Å²) in [4.78, 5) is 1.95. The molecule has 0 fully saturated rings. The molecule has 0 saturated heterocycles. The SMILES string of the molecule is CCCNC(C)(CO)CN(C)c1cccc(F)c1. The number of likely N-dealkylation sites (N-methyl/N-ethyl adjacent to an activating group) is 1. The summed E-state index contributed by atoms with van der Waals surface area (Å²) in [5.41, 5.74) is 0.435. The van der Waals surface area contributed by atoms with Crippen LogP contribution in [0.2, 0.25) is 0 Å². The number of aliphatic hydroxyl groups is 1. The van der Waals surface area contributed by atoms with Gasteiger partial charge in [0.25, 0.3) is 0 Å². The summed E-state index contributed by atoms with van der Waals surface area (Å²) in [5.74, 6) is -0.244. The Morgan fingerprint density at radius 1 is 1.44 bits per heavy atom. The average molecular weight is 254 g/mol. The zero-order valence-electron chi connectivity index (χ0n) is 11.4. The van der Waals surface area contributed by atoms with E-state index in [1.807, 2.05) is 24.9 Å². The summed E-state index contributed by atoms with van der Waals surface area (Å²) >= 11 is 0. The number of anilines is 1. The largest absolute Gasteiger partial charge is 0.394 e. The van der Waals surface area contributed by atoms with Gasteiger partial charge in [0, 0.05) is 19.3 Å². The van der Waals surface area contributed by atoms with Gasteiger partial charge in [-0.3, -0.25) is 0 Å². The Kier molecular flexibility index (Phi) is 5.56. The van der Waals surface area contributed by atoms with Gasteiger partial charge in [0.05, 0.1) is 12.1 Å². The van der Waals surface area contributed by atoms with Gasteiger partial charge in [0.1, 0.15) is 5.82 Å². The second kappa shape index (κ2) is 6.71. The van der Waals surface area contributed by atoms with Gasteiger partial charge in [-0.1, -0.05) is 13.0 Å². The first-order chi connectivity index (χ1) is 8.50. The number of nitrogens with one attached hydrogen (secondary N) is 1. The van der Waals surface area contributed by atoms with Crippen molar-refractivity contribution in [3.05, 3.63) is 30.1 Å². The van der Waals surface area contributed by atoms with Crippen molar-refractivity contribution in [2.45, 2.75) is 25.8 Å². The lowest BCUT2D eigenvalue weighted by Gasteiger charge is -2.34. The summed E-state index contributed by atoms with van der Waals surface area (Å²) in [6.07, 6.45) is 1.01. The number of benzene rings is 1. The van der Waals surface area contributed by atoms with Crippen LogP contribution in [0, 0.1) is 5.82 Å². The summed E-state index contributed by atoms with van der Waals surface area (Å²) in [7, 11) is 1.90. The van der Waals surface area contributed by atoms with Gasteiger partial charge in [-0.25, -0.2) is 4.39 Å². The summed E-state index contributed by atoms with van der Waals surface area (Å²) in [6, 6.07) is 6.48. The molecule has 1 aromatic rings. The smallest absolute Gasteiger partial charge is 0.125 e. The third-order valence-corrected chi connectivity index (χ3v) is 2.99. The van der Waals surface area contributed by atoms with Crippen LogP contribution >= 0.6 is 0 Å². The number of nitrogens with zero attached hydrogens (tertiary/aromatic N) is 1. The first-order valence-corrected chi connectivity index (χ1v) is 6.33. The van der Waals surface area contributed by atoms with Crippen molar-refractivity contribution in [1.82, 2.24) is 5.32 Å². The number of rotatable bonds is 7. The van der Waals surface area contributed by atoms with Gasteiger partial charge in [-0.15, -0.1) is 0 Å². The van der Waals surface area contributed by atoms with Gasteiger partial charge in [0.15, 0.2) is 0 Å². The number of halogens is 1. The van der Waals surface area contributed by atoms with Crippen LogP contribution in [-0.4, -0.2) is 37.4 Å². The highest BCUT2D eigenvalue weighted by Gasteiger charge is 2.24. The zero-order chi connectivity index (χ0) is 13.6. The van der Waals surface area contributed by atoms with Crippen LogP contribution in [0.15, 0.2) is 24.3 Å². The average Bonchev–Trinajstić information content (AvgIpc) is 2.36. The van der Waals surface area contributed by atoms with E-state index in [2.05, 4.69) is 12.2 Å². The van der Waals surface area contributed by atoms with Crippen molar-refractivity contribution >= 4 is 5.69 Å². The van der Waals surface area contributed by atoms with Crippen LogP contribution in [0.1, 0.15) is 20.3 Å². The molecule has 1 atom stereocenters. The fraction of sp³-hybridized carbons (Fsp3) is 0.571. The fourth-order valence-corrected chi connectivity index (χ4v) is 1.92. The minimum atomic E-state index is -0.378. The Bertz CT molecular complexity index is 373. The minimum absolute atomic E-state index is 0.0483. The van der Waals surface area contributed by atoms with Crippen LogP contribution in [0.5, 0.6) is 0 Å². The predicted octanol–water partition coefficient (Wildman–Crippen LogP) is 2.01. The van der Waals surface area contributed by atoms with Gasteiger partial charge in [-0.05, 0) is 38.1 Å². The normalized spacial score (nSPS) is 14.3. The molecule has 18 heavy (non-hydrogen) atoms. The molecule has 4 heteroatoms. The molecule has 0 aromatic heterocycles. The van der Waals surface area contributed by atoms with E-state index in [0.29, 0.717) is 6.54 Å². The Hall–Kier alpha value is -1.13. The zero-order valence-corrected chi connectivity index (χ0v) is 11.4. The van der Waals surface area contributed by atoms with Crippen molar-refractivity contribution < 1.29 is 9.50 Å². The monoisotopic (exact) mass is 254 g/mol. The van der Waals surface area contributed by atoms with Gasteiger partial charge < -0.3 is 15.3 Å². The Labute approximate surface area is 109 Å². The third-order valence-electron chi connectivity index (χ3n) is 2.99. The van der Waals surface area contributed by atoms with E-state index in [0.717, 1.165) is 18.7 Å². The molecule has 1 aromatic carbocycles. The van der Waals surface area contributed by atoms with Gasteiger partial charge in [-0.2, -0.15) is 0 Å². The summed E-state index contributed by atoms with van der Waals surface area (Å²) in [5, 5.41) is 12.8. The molecule has 0 saturated carbocycles. The predicted molar refractivity (Wildman–Crippen MR) is 73.5 cm³/mol. The van der Waals surface area contributed by atoms with Crippen molar-refractivity contribution in [3.63, 3.8) is 0 Å². The lowest BCUT2D eigenvalue weighted by atomic mass is 10.0. The van der Waals surface area contributed by atoms with Crippen LogP contribution < -0.4 is 10.2 Å². The highest BCUT2D eigenvalue weighted by atomic mass is 19.1. The molecule has 1 rings (SSSR count). The van der Waals surface area contributed by atoms with Crippen molar-refractivity contribution in [2.24, 2.45) is 0 Å². The second-order valence-corrected chi connectivity index (χ2v) is 4.98. The van der Waals surface area contributed by atoms with E-state index >= 15 is 0 Å². The molecule has 0 radical (unpaired) electrons. The molecule has 0 aliphatic heterocycles.